The van der Waals surface area contributed by atoms with Crippen LogP contribution in [0.4, 0.5) is 0 Å². The van der Waals surface area contributed by atoms with Gasteiger partial charge in [0, 0.05) is 23.7 Å². The highest BCUT2D eigenvalue weighted by Gasteiger charge is 2.03. The van der Waals surface area contributed by atoms with Gasteiger partial charge in [0.1, 0.15) is 12.4 Å². The van der Waals surface area contributed by atoms with E-state index in [9.17, 15) is 0 Å². The topological polar surface area (TPSA) is 30.5 Å². The van der Waals surface area contributed by atoms with Crippen molar-refractivity contribution in [2.24, 2.45) is 0 Å². The predicted molar refractivity (Wildman–Crippen MR) is 99.6 cm³/mol. The van der Waals surface area contributed by atoms with E-state index in [1.807, 2.05) is 42.5 Å². The second-order valence-electron chi connectivity index (χ2n) is 5.97. The Bertz CT molecular complexity index is 599. The quantitative estimate of drug-likeness (QED) is 0.625. The standard InChI is InChI=1S/C20H26ClNO2/c1-16(2)23-13-5-12-22-14-18-6-3-4-7-20(18)24-15-17-8-10-19(21)11-9-17/h3-4,6-11,16,22H,5,12-15H2,1-2H3. The Morgan fingerprint density at radius 2 is 1.79 bits per heavy atom. The van der Waals surface area contributed by atoms with Gasteiger partial charge in [-0.2, -0.15) is 0 Å². The van der Waals surface area contributed by atoms with Crippen molar-refractivity contribution < 1.29 is 9.47 Å². The lowest BCUT2D eigenvalue weighted by Crippen LogP contribution is -2.17. The first-order valence-corrected chi connectivity index (χ1v) is 8.80. The summed E-state index contributed by atoms with van der Waals surface area (Å²) in [6, 6.07) is 15.9. The molecule has 0 radical (unpaired) electrons. The summed E-state index contributed by atoms with van der Waals surface area (Å²) in [5, 5.41) is 4.18. The van der Waals surface area contributed by atoms with Crippen LogP contribution in [0.25, 0.3) is 0 Å². The highest BCUT2D eigenvalue weighted by atomic mass is 35.5. The monoisotopic (exact) mass is 347 g/mol. The van der Waals surface area contributed by atoms with E-state index in [-0.39, 0.29) is 0 Å². The molecule has 1 N–H and O–H groups in total. The van der Waals surface area contributed by atoms with Crippen LogP contribution in [0.15, 0.2) is 48.5 Å². The minimum Gasteiger partial charge on any atom is -0.489 e. The molecular weight excluding hydrogens is 322 g/mol. The highest BCUT2D eigenvalue weighted by molar-refractivity contribution is 6.30. The zero-order chi connectivity index (χ0) is 17.2. The molecule has 0 aliphatic heterocycles. The summed E-state index contributed by atoms with van der Waals surface area (Å²) in [5.41, 5.74) is 2.27. The largest absolute Gasteiger partial charge is 0.489 e. The van der Waals surface area contributed by atoms with E-state index in [1.54, 1.807) is 0 Å². The van der Waals surface area contributed by atoms with Crippen LogP contribution in [0.1, 0.15) is 31.4 Å². The highest BCUT2D eigenvalue weighted by Crippen LogP contribution is 2.19. The third-order valence-electron chi connectivity index (χ3n) is 3.54. The van der Waals surface area contributed by atoms with E-state index < -0.39 is 0 Å². The molecule has 2 aromatic carbocycles. The summed E-state index contributed by atoms with van der Waals surface area (Å²) in [4.78, 5) is 0. The molecule has 0 atom stereocenters. The van der Waals surface area contributed by atoms with Gasteiger partial charge >= 0.3 is 0 Å². The molecule has 0 unspecified atom stereocenters. The number of ether oxygens (including phenoxy) is 2. The third kappa shape index (κ3) is 6.91. The van der Waals surface area contributed by atoms with Crippen LogP contribution in [0.3, 0.4) is 0 Å². The molecule has 0 saturated carbocycles. The van der Waals surface area contributed by atoms with Crippen molar-refractivity contribution in [2.75, 3.05) is 13.2 Å². The van der Waals surface area contributed by atoms with E-state index >= 15 is 0 Å². The number of hydrogen-bond acceptors (Lipinski definition) is 3. The van der Waals surface area contributed by atoms with Gasteiger partial charge in [-0.15, -0.1) is 0 Å². The maximum Gasteiger partial charge on any atom is 0.124 e. The van der Waals surface area contributed by atoms with Crippen molar-refractivity contribution in [3.05, 3.63) is 64.7 Å². The minimum absolute atomic E-state index is 0.298. The molecule has 0 aromatic heterocycles. The molecule has 0 bridgehead atoms. The summed E-state index contributed by atoms with van der Waals surface area (Å²) in [5.74, 6) is 0.915. The molecule has 2 aromatic rings. The summed E-state index contributed by atoms with van der Waals surface area (Å²) in [6.45, 7) is 7.16. The summed E-state index contributed by atoms with van der Waals surface area (Å²) >= 11 is 5.91. The smallest absolute Gasteiger partial charge is 0.124 e. The molecule has 0 aliphatic carbocycles. The summed E-state index contributed by atoms with van der Waals surface area (Å²) < 4.78 is 11.5. The Kier molecular flexibility index (Phi) is 8.10. The number of hydrogen-bond donors (Lipinski definition) is 1. The molecule has 130 valence electrons. The van der Waals surface area contributed by atoms with Crippen molar-refractivity contribution in [3.8, 4) is 5.75 Å². The zero-order valence-corrected chi connectivity index (χ0v) is 15.2. The first-order valence-electron chi connectivity index (χ1n) is 8.42. The Morgan fingerprint density at radius 1 is 1.04 bits per heavy atom. The second kappa shape index (κ2) is 10.3. The first kappa shape index (κ1) is 18.8. The molecular formula is C20H26ClNO2. The summed E-state index contributed by atoms with van der Waals surface area (Å²) in [7, 11) is 0. The van der Waals surface area contributed by atoms with Crippen LogP contribution in [0.2, 0.25) is 5.02 Å². The number of para-hydroxylation sites is 1. The second-order valence-corrected chi connectivity index (χ2v) is 6.41. The number of nitrogens with one attached hydrogen (secondary N) is 1. The lowest BCUT2D eigenvalue weighted by molar-refractivity contribution is 0.0770. The molecule has 0 fully saturated rings. The maximum atomic E-state index is 5.96. The number of halogens is 1. The van der Waals surface area contributed by atoms with Gasteiger partial charge in [0.05, 0.1) is 6.10 Å². The molecule has 24 heavy (non-hydrogen) atoms. The maximum absolute atomic E-state index is 5.96. The van der Waals surface area contributed by atoms with Gasteiger partial charge in [-0.1, -0.05) is 41.9 Å². The predicted octanol–water partition coefficient (Wildman–Crippen LogP) is 4.82. The first-order chi connectivity index (χ1) is 11.6. The van der Waals surface area contributed by atoms with Crippen molar-refractivity contribution >= 4 is 11.6 Å². The van der Waals surface area contributed by atoms with Crippen LogP contribution in [0, 0.1) is 0 Å². The van der Waals surface area contributed by atoms with Crippen molar-refractivity contribution in [1.29, 1.82) is 0 Å². The van der Waals surface area contributed by atoms with Gasteiger partial charge in [0.25, 0.3) is 0 Å². The lowest BCUT2D eigenvalue weighted by atomic mass is 10.2. The number of rotatable bonds is 10. The SMILES string of the molecule is CC(C)OCCCNCc1ccccc1OCc1ccc(Cl)cc1. The Balaban J connectivity index is 1.78. The molecule has 0 heterocycles. The van der Waals surface area contributed by atoms with E-state index in [0.29, 0.717) is 12.7 Å². The lowest BCUT2D eigenvalue weighted by Gasteiger charge is -2.13. The van der Waals surface area contributed by atoms with Crippen LogP contribution in [-0.2, 0) is 17.9 Å². The average Bonchev–Trinajstić information content (AvgIpc) is 2.58. The molecule has 0 aliphatic rings. The average molecular weight is 348 g/mol. The third-order valence-corrected chi connectivity index (χ3v) is 3.80. The Hall–Kier alpha value is -1.55. The van der Waals surface area contributed by atoms with E-state index in [4.69, 9.17) is 21.1 Å². The van der Waals surface area contributed by atoms with E-state index in [2.05, 4.69) is 25.2 Å². The Morgan fingerprint density at radius 3 is 2.54 bits per heavy atom. The Labute approximate surface area is 149 Å². The van der Waals surface area contributed by atoms with Gasteiger partial charge in [-0.3, -0.25) is 0 Å². The van der Waals surface area contributed by atoms with Crippen molar-refractivity contribution in [3.63, 3.8) is 0 Å². The van der Waals surface area contributed by atoms with Gasteiger partial charge < -0.3 is 14.8 Å². The van der Waals surface area contributed by atoms with Gasteiger partial charge in [-0.25, -0.2) is 0 Å². The van der Waals surface area contributed by atoms with Gasteiger partial charge in [-0.05, 0) is 50.6 Å². The van der Waals surface area contributed by atoms with Gasteiger partial charge in [0.2, 0.25) is 0 Å². The van der Waals surface area contributed by atoms with E-state index in [1.165, 1.54) is 0 Å². The van der Waals surface area contributed by atoms with Crippen molar-refractivity contribution in [2.45, 2.75) is 39.5 Å². The van der Waals surface area contributed by atoms with Crippen molar-refractivity contribution in [1.82, 2.24) is 5.32 Å². The summed E-state index contributed by atoms with van der Waals surface area (Å²) in [6.07, 6.45) is 1.30. The molecule has 0 saturated heterocycles. The molecule has 3 nitrogen and oxygen atoms in total. The van der Waals surface area contributed by atoms with Crippen LogP contribution in [0.5, 0.6) is 5.75 Å². The van der Waals surface area contributed by atoms with Crippen LogP contribution in [-0.4, -0.2) is 19.3 Å². The molecule has 4 heteroatoms. The molecule has 0 amide bonds. The fourth-order valence-corrected chi connectivity index (χ4v) is 2.40. The van der Waals surface area contributed by atoms with Crippen LogP contribution < -0.4 is 10.1 Å². The van der Waals surface area contributed by atoms with Gasteiger partial charge in [0.15, 0.2) is 0 Å². The minimum atomic E-state index is 0.298. The molecule has 2 rings (SSSR count). The molecule has 0 spiro atoms. The zero-order valence-electron chi connectivity index (χ0n) is 14.4. The fraction of sp³-hybridized carbons (Fsp3) is 0.400. The van der Waals surface area contributed by atoms with Crippen LogP contribution >= 0.6 is 11.6 Å². The number of benzene rings is 2. The fourth-order valence-electron chi connectivity index (χ4n) is 2.27. The normalized spacial score (nSPS) is 11.0. The van der Waals surface area contributed by atoms with E-state index in [0.717, 1.165) is 48.0 Å².